The molecule has 0 atom stereocenters. The van der Waals surface area contributed by atoms with E-state index >= 15 is 0 Å². The van der Waals surface area contributed by atoms with Gasteiger partial charge in [0.05, 0.1) is 18.6 Å². The largest absolute Gasteiger partial charge is 0.497 e. The molecule has 150 valence electrons. The number of anilines is 1. The molecule has 0 saturated heterocycles. The lowest BCUT2D eigenvalue weighted by Gasteiger charge is -2.04. The summed E-state index contributed by atoms with van der Waals surface area (Å²) in [5.74, 6) is 1.06. The molecule has 4 rings (SSSR count). The van der Waals surface area contributed by atoms with Crippen molar-refractivity contribution in [2.45, 2.75) is 4.90 Å². The van der Waals surface area contributed by atoms with Gasteiger partial charge in [-0.2, -0.15) is 0 Å². The van der Waals surface area contributed by atoms with Gasteiger partial charge in [0.15, 0.2) is 5.13 Å². The maximum Gasteiger partial charge on any atom is 0.236 e. The van der Waals surface area contributed by atoms with Gasteiger partial charge in [-0.15, -0.1) is 23.1 Å². The number of hydrogen-bond acceptors (Lipinski definition) is 5. The third kappa shape index (κ3) is 5.09. The first-order valence-electron chi connectivity index (χ1n) is 9.39. The van der Waals surface area contributed by atoms with Crippen LogP contribution in [0.2, 0.25) is 0 Å². The molecular weight excluding hydrogens is 412 g/mol. The van der Waals surface area contributed by atoms with Crippen molar-refractivity contribution in [1.82, 2.24) is 4.98 Å². The zero-order valence-corrected chi connectivity index (χ0v) is 18.0. The zero-order valence-electron chi connectivity index (χ0n) is 16.4. The molecule has 1 N–H and O–H groups in total. The number of rotatable bonds is 7. The SMILES string of the molecule is COc1ccc(SCC(=O)Nc2nc(-c3ccc(-c4ccccc4)cc3)cs2)cc1. The van der Waals surface area contributed by atoms with Crippen molar-refractivity contribution >= 4 is 34.1 Å². The summed E-state index contributed by atoms with van der Waals surface area (Å²) in [7, 11) is 1.63. The highest BCUT2D eigenvalue weighted by molar-refractivity contribution is 8.00. The third-order valence-electron chi connectivity index (χ3n) is 4.47. The van der Waals surface area contributed by atoms with Crippen LogP contribution in [0.5, 0.6) is 5.75 Å². The van der Waals surface area contributed by atoms with Crippen molar-refractivity contribution in [1.29, 1.82) is 0 Å². The summed E-state index contributed by atoms with van der Waals surface area (Å²) in [6.07, 6.45) is 0. The Kier molecular flexibility index (Phi) is 6.47. The third-order valence-corrected chi connectivity index (χ3v) is 6.24. The molecule has 1 aromatic heterocycles. The fraction of sp³-hybridized carbons (Fsp3) is 0.0833. The lowest BCUT2D eigenvalue weighted by molar-refractivity contribution is -0.113. The first-order valence-corrected chi connectivity index (χ1v) is 11.3. The predicted molar refractivity (Wildman–Crippen MR) is 125 cm³/mol. The topological polar surface area (TPSA) is 51.2 Å². The number of ether oxygens (including phenoxy) is 1. The highest BCUT2D eigenvalue weighted by atomic mass is 32.2. The van der Waals surface area contributed by atoms with E-state index in [0.29, 0.717) is 10.9 Å². The lowest BCUT2D eigenvalue weighted by atomic mass is 10.0. The smallest absolute Gasteiger partial charge is 0.236 e. The van der Waals surface area contributed by atoms with Gasteiger partial charge in [-0.1, -0.05) is 54.6 Å². The second-order valence-corrected chi connectivity index (χ2v) is 8.40. The van der Waals surface area contributed by atoms with E-state index in [1.165, 1.54) is 34.2 Å². The number of amides is 1. The summed E-state index contributed by atoms with van der Waals surface area (Å²) in [6.45, 7) is 0. The monoisotopic (exact) mass is 432 g/mol. The van der Waals surface area contributed by atoms with E-state index in [4.69, 9.17) is 4.74 Å². The molecule has 0 bridgehead atoms. The van der Waals surface area contributed by atoms with E-state index in [0.717, 1.165) is 21.9 Å². The van der Waals surface area contributed by atoms with Crippen molar-refractivity contribution in [2.24, 2.45) is 0 Å². The lowest BCUT2D eigenvalue weighted by Crippen LogP contribution is -2.13. The van der Waals surface area contributed by atoms with Crippen molar-refractivity contribution in [3.63, 3.8) is 0 Å². The number of thioether (sulfide) groups is 1. The van der Waals surface area contributed by atoms with Crippen LogP contribution in [-0.2, 0) is 4.79 Å². The average Bonchev–Trinajstić information content (AvgIpc) is 3.27. The molecule has 6 heteroatoms. The zero-order chi connectivity index (χ0) is 20.8. The molecule has 4 aromatic rings. The molecule has 3 aromatic carbocycles. The van der Waals surface area contributed by atoms with E-state index < -0.39 is 0 Å². The number of carbonyl (C=O) groups excluding carboxylic acids is 1. The van der Waals surface area contributed by atoms with Crippen LogP contribution in [0.15, 0.2) is 89.1 Å². The maximum atomic E-state index is 12.3. The van der Waals surface area contributed by atoms with Crippen LogP contribution in [0.4, 0.5) is 5.13 Å². The Morgan fingerprint density at radius 3 is 2.30 bits per heavy atom. The molecule has 0 saturated carbocycles. The van der Waals surface area contributed by atoms with Crippen molar-refractivity contribution in [2.75, 3.05) is 18.2 Å². The second kappa shape index (κ2) is 9.61. The normalized spacial score (nSPS) is 10.6. The molecule has 30 heavy (non-hydrogen) atoms. The van der Waals surface area contributed by atoms with Gasteiger partial charge in [-0.25, -0.2) is 4.98 Å². The summed E-state index contributed by atoms with van der Waals surface area (Å²) < 4.78 is 5.15. The molecule has 4 nitrogen and oxygen atoms in total. The number of methoxy groups -OCH3 is 1. The number of benzene rings is 3. The van der Waals surface area contributed by atoms with Crippen LogP contribution < -0.4 is 10.1 Å². The molecule has 1 heterocycles. The maximum absolute atomic E-state index is 12.3. The minimum absolute atomic E-state index is 0.0730. The Bertz CT molecular complexity index is 1110. The highest BCUT2D eigenvalue weighted by Gasteiger charge is 2.09. The molecule has 0 aliphatic carbocycles. The molecule has 0 fully saturated rings. The molecule has 0 spiro atoms. The van der Waals surface area contributed by atoms with Crippen LogP contribution in [-0.4, -0.2) is 23.8 Å². The standard InChI is InChI=1S/C24H20N2O2S2/c1-28-20-11-13-21(14-12-20)29-16-23(27)26-24-25-22(15-30-24)19-9-7-18(8-10-19)17-5-3-2-4-6-17/h2-15H,16H2,1H3,(H,25,26,27). The Morgan fingerprint density at radius 1 is 0.933 bits per heavy atom. The Labute approximate surface area is 184 Å². The molecule has 0 aliphatic rings. The highest BCUT2D eigenvalue weighted by Crippen LogP contribution is 2.28. The summed E-state index contributed by atoms with van der Waals surface area (Å²) in [4.78, 5) is 17.8. The molecular formula is C24H20N2O2S2. The van der Waals surface area contributed by atoms with Crippen LogP contribution >= 0.6 is 23.1 Å². The number of thiazole rings is 1. The molecule has 0 unspecified atom stereocenters. The second-order valence-electron chi connectivity index (χ2n) is 6.49. The van der Waals surface area contributed by atoms with E-state index in [2.05, 4.69) is 46.7 Å². The van der Waals surface area contributed by atoms with Gasteiger partial charge in [0.1, 0.15) is 5.75 Å². The van der Waals surface area contributed by atoms with Crippen molar-refractivity contribution in [3.8, 4) is 28.1 Å². The first kappa shape index (κ1) is 20.2. The van der Waals surface area contributed by atoms with E-state index in [9.17, 15) is 4.79 Å². The first-order chi connectivity index (χ1) is 14.7. The van der Waals surface area contributed by atoms with Gasteiger partial charge in [-0.3, -0.25) is 4.79 Å². The van der Waals surface area contributed by atoms with E-state index in [1.54, 1.807) is 7.11 Å². The summed E-state index contributed by atoms with van der Waals surface area (Å²) >= 11 is 2.91. The van der Waals surface area contributed by atoms with Crippen LogP contribution in [0.3, 0.4) is 0 Å². The van der Waals surface area contributed by atoms with Gasteiger partial charge >= 0.3 is 0 Å². The summed E-state index contributed by atoms with van der Waals surface area (Å²) in [6, 6.07) is 26.2. The predicted octanol–water partition coefficient (Wildman–Crippen LogP) is 6.22. The Hall–Kier alpha value is -3.09. The number of hydrogen-bond donors (Lipinski definition) is 1. The van der Waals surface area contributed by atoms with Crippen molar-refractivity contribution < 1.29 is 9.53 Å². The van der Waals surface area contributed by atoms with Crippen LogP contribution in [0, 0.1) is 0 Å². The number of nitrogens with one attached hydrogen (secondary N) is 1. The molecule has 0 radical (unpaired) electrons. The quantitative estimate of drug-likeness (QED) is 0.352. The van der Waals surface area contributed by atoms with Crippen LogP contribution in [0.1, 0.15) is 0 Å². The fourth-order valence-electron chi connectivity index (χ4n) is 2.90. The van der Waals surface area contributed by atoms with E-state index in [-0.39, 0.29) is 5.91 Å². The average molecular weight is 433 g/mol. The Morgan fingerprint density at radius 2 is 1.60 bits per heavy atom. The number of carbonyl (C=O) groups is 1. The van der Waals surface area contributed by atoms with Crippen LogP contribution in [0.25, 0.3) is 22.4 Å². The minimum Gasteiger partial charge on any atom is -0.497 e. The summed E-state index contributed by atoms with van der Waals surface area (Å²) in [5, 5.41) is 5.46. The number of nitrogens with zero attached hydrogens (tertiary/aromatic N) is 1. The minimum atomic E-state index is -0.0730. The fourth-order valence-corrected chi connectivity index (χ4v) is 4.34. The van der Waals surface area contributed by atoms with Gasteiger partial charge in [0.25, 0.3) is 0 Å². The van der Waals surface area contributed by atoms with Crippen molar-refractivity contribution in [3.05, 3.63) is 84.2 Å². The van der Waals surface area contributed by atoms with Gasteiger partial charge in [0, 0.05) is 15.8 Å². The van der Waals surface area contributed by atoms with Gasteiger partial charge in [0.2, 0.25) is 5.91 Å². The number of aromatic nitrogens is 1. The summed E-state index contributed by atoms with van der Waals surface area (Å²) in [5.41, 5.74) is 4.24. The molecule has 0 aliphatic heterocycles. The molecule has 1 amide bonds. The van der Waals surface area contributed by atoms with E-state index in [1.807, 2.05) is 47.8 Å². The van der Waals surface area contributed by atoms with Gasteiger partial charge in [-0.05, 0) is 35.4 Å². The Balaban J connectivity index is 1.34. The van der Waals surface area contributed by atoms with Gasteiger partial charge < -0.3 is 10.1 Å².